The summed E-state index contributed by atoms with van der Waals surface area (Å²) in [5, 5.41) is 9.34. The van der Waals surface area contributed by atoms with Gasteiger partial charge < -0.3 is 24.4 Å². The average Bonchev–Trinajstić information content (AvgIpc) is 3.49. The van der Waals surface area contributed by atoms with Crippen LogP contribution in [-0.4, -0.2) is 70.9 Å². The number of carbonyl (C=O) groups is 3. The minimum Gasteiger partial charge on any atom is -0.481 e. The molecule has 2 amide bonds. The van der Waals surface area contributed by atoms with Crippen LogP contribution in [0.5, 0.6) is 0 Å². The summed E-state index contributed by atoms with van der Waals surface area (Å²) in [5.74, 6) is -1.43. The molecule has 0 radical (unpaired) electrons. The third-order valence-electron chi connectivity index (χ3n) is 7.20. The molecule has 8 nitrogen and oxygen atoms in total. The number of rotatable bonds is 6. The van der Waals surface area contributed by atoms with E-state index in [0.29, 0.717) is 26.1 Å². The zero-order chi connectivity index (χ0) is 25.6. The van der Waals surface area contributed by atoms with Crippen LogP contribution in [0.15, 0.2) is 48.5 Å². The van der Waals surface area contributed by atoms with Crippen LogP contribution in [0.3, 0.4) is 0 Å². The molecule has 1 saturated heterocycles. The van der Waals surface area contributed by atoms with Gasteiger partial charge in [0.15, 0.2) is 0 Å². The minimum absolute atomic E-state index is 0.0597. The predicted octanol–water partition coefficient (Wildman–Crippen LogP) is 4.58. The van der Waals surface area contributed by atoms with E-state index in [1.54, 1.807) is 9.80 Å². The monoisotopic (exact) mass is 492 g/mol. The van der Waals surface area contributed by atoms with Gasteiger partial charge in [0.05, 0.1) is 12.0 Å². The smallest absolute Gasteiger partial charge is 0.410 e. The van der Waals surface area contributed by atoms with E-state index < -0.39 is 29.7 Å². The van der Waals surface area contributed by atoms with Gasteiger partial charge in [-0.3, -0.25) is 4.79 Å². The van der Waals surface area contributed by atoms with Crippen LogP contribution in [-0.2, 0) is 14.3 Å². The second-order valence-corrected chi connectivity index (χ2v) is 10.9. The Balaban J connectivity index is 1.27. The van der Waals surface area contributed by atoms with Crippen LogP contribution in [0.25, 0.3) is 11.1 Å². The second-order valence-electron chi connectivity index (χ2n) is 10.9. The summed E-state index contributed by atoms with van der Waals surface area (Å²) in [6, 6.07) is 16.1. The molecule has 0 spiro atoms. The standard InChI is InChI=1S/C28H32N2O6/c1-28(2,3)36-26(33)29-14-18(15-29)30(13-17-12-23(17)25(31)32)27(34)35-16-24-21-10-6-4-8-19(21)20-9-5-7-11-22(20)24/h4-11,17-18,23-24H,12-16H2,1-3H3,(H,31,32)/t17-,23-/m1/s1. The molecular formula is C28H32N2O6. The number of nitrogens with zero attached hydrogens (tertiary/aromatic N) is 2. The number of ether oxygens (including phenoxy) is 2. The number of carboxylic acids is 1. The lowest BCUT2D eigenvalue weighted by Gasteiger charge is -2.44. The molecular weight excluding hydrogens is 460 g/mol. The highest BCUT2D eigenvalue weighted by Crippen LogP contribution is 2.45. The number of benzene rings is 2. The molecule has 8 heteroatoms. The first-order valence-electron chi connectivity index (χ1n) is 12.4. The van der Waals surface area contributed by atoms with Gasteiger partial charge in [0, 0.05) is 25.6 Å². The van der Waals surface area contributed by atoms with E-state index in [2.05, 4.69) is 24.3 Å². The predicted molar refractivity (Wildman–Crippen MR) is 133 cm³/mol. The Kier molecular flexibility index (Phi) is 6.14. The molecule has 0 bridgehead atoms. The van der Waals surface area contributed by atoms with E-state index in [1.807, 2.05) is 45.0 Å². The topological polar surface area (TPSA) is 96.4 Å². The molecule has 5 rings (SSSR count). The number of aliphatic carboxylic acids is 1. The molecule has 0 unspecified atom stereocenters. The molecule has 36 heavy (non-hydrogen) atoms. The maximum absolute atomic E-state index is 13.3. The normalized spacial score (nSPS) is 20.7. The molecule has 1 saturated carbocycles. The molecule has 2 atom stereocenters. The van der Waals surface area contributed by atoms with Gasteiger partial charge in [-0.05, 0) is 55.4 Å². The van der Waals surface area contributed by atoms with Gasteiger partial charge in [0.2, 0.25) is 0 Å². The zero-order valence-electron chi connectivity index (χ0n) is 20.8. The van der Waals surface area contributed by atoms with Gasteiger partial charge in [-0.1, -0.05) is 48.5 Å². The van der Waals surface area contributed by atoms with Crippen molar-refractivity contribution in [2.75, 3.05) is 26.2 Å². The summed E-state index contributed by atoms with van der Waals surface area (Å²) in [4.78, 5) is 40.3. The molecule has 1 N–H and O–H groups in total. The van der Waals surface area contributed by atoms with Gasteiger partial charge >= 0.3 is 18.2 Å². The van der Waals surface area contributed by atoms with Crippen molar-refractivity contribution < 1.29 is 29.0 Å². The van der Waals surface area contributed by atoms with E-state index in [-0.39, 0.29) is 24.5 Å². The van der Waals surface area contributed by atoms with E-state index >= 15 is 0 Å². The number of hydrogen-bond acceptors (Lipinski definition) is 5. The van der Waals surface area contributed by atoms with Crippen LogP contribution >= 0.6 is 0 Å². The van der Waals surface area contributed by atoms with Crippen LogP contribution in [0.4, 0.5) is 9.59 Å². The minimum atomic E-state index is -0.837. The van der Waals surface area contributed by atoms with E-state index in [9.17, 15) is 19.5 Å². The first-order valence-corrected chi connectivity index (χ1v) is 12.4. The van der Waals surface area contributed by atoms with Crippen molar-refractivity contribution in [1.29, 1.82) is 0 Å². The lowest BCUT2D eigenvalue weighted by Crippen LogP contribution is -2.63. The van der Waals surface area contributed by atoms with Crippen molar-refractivity contribution in [1.82, 2.24) is 9.80 Å². The van der Waals surface area contributed by atoms with Crippen LogP contribution < -0.4 is 0 Å². The maximum atomic E-state index is 13.3. The summed E-state index contributed by atoms with van der Waals surface area (Å²) in [6.45, 7) is 6.60. The highest BCUT2D eigenvalue weighted by molar-refractivity contribution is 5.79. The quantitative estimate of drug-likeness (QED) is 0.634. The largest absolute Gasteiger partial charge is 0.481 e. The average molecular weight is 493 g/mol. The SMILES string of the molecule is CC(C)(C)OC(=O)N1CC(N(C[C@H]2C[C@H]2C(=O)O)C(=O)OCC2c3ccccc3-c3ccccc32)C1. The van der Waals surface area contributed by atoms with Gasteiger partial charge in [-0.25, -0.2) is 9.59 Å². The van der Waals surface area contributed by atoms with Crippen molar-refractivity contribution in [3.63, 3.8) is 0 Å². The van der Waals surface area contributed by atoms with E-state index in [4.69, 9.17) is 9.47 Å². The summed E-state index contributed by atoms with van der Waals surface area (Å²) >= 11 is 0. The third kappa shape index (κ3) is 4.76. The zero-order valence-corrected chi connectivity index (χ0v) is 20.8. The van der Waals surface area contributed by atoms with Crippen LogP contribution in [0.2, 0.25) is 0 Å². The molecule has 1 heterocycles. The first-order chi connectivity index (χ1) is 17.1. The summed E-state index contributed by atoms with van der Waals surface area (Å²) < 4.78 is 11.3. The highest BCUT2D eigenvalue weighted by Gasteiger charge is 2.48. The maximum Gasteiger partial charge on any atom is 0.410 e. The van der Waals surface area contributed by atoms with Crippen molar-refractivity contribution in [3.8, 4) is 11.1 Å². The number of likely N-dealkylation sites (tertiary alicyclic amines) is 1. The van der Waals surface area contributed by atoms with Crippen molar-refractivity contribution in [3.05, 3.63) is 59.7 Å². The third-order valence-corrected chi connectivity index (χ3v) is 7.20. The summed E-state index contributed by atoms with van der Waals surface area (Å²) in [6.07, 6.45) is -0.340. The summed E-state index contributed by atoms with van der Waals surface area (Å²) in [5.41, 5.74) is 3.97. The lowest BCUT2D eigenvalue weighted by molar-refractivity contribution is -0.138. The van der Waals surface area contributed by atoms with Crippen LogP contribution in [0.1, 0.15) is 44.2 Å². The summed E-state index contributed by atoms with van der Waals surface area (Å²) in [7, 11) is 0. The first kappa shape index (κ1) is 24.2. The Hall–Kier alpha value is -3.55. The van der Waals surface area contributed by atoms with Gasteiger partial charge in [0.1, 0.15) is 12.2 Å². The molecule has 1 aliphatic heterocycles. The van der Waals surface area contributed by atoms with Gasteiger partial charge in [0.25, 0.3) is 0 Å². The Bertz CT molecular complexity index is 1140. The Morgan fingerprint density at radius 3 is 2.11 bits per heavy atom. The number of amides is 2. The number of fused-ring (bicyclic) bond motifs is 3. The van der Waals surface area contributed by atoms with E-state index in [1.165, 1.54) is 0 Å². The van der Waals surface area contributed by atoms with Crippen molar-refractivity contribution in [2.45, 2.75) is 44.8 Å². The number of carboxylic acid groups (broad SMARTS) is 1. The molecule has 3 aliphatic rings. The Morgan fingerprint density at radius 2 is 1.58 bits per heavy atom. The van der Waals surface area contributed by atoms with E-state index in [0.717, 1.165) is 22.3 Å². The molecule has 2 aromatic carbocycles. The Labute approximate surface area is 210 Å². The fourth-order valence-corrected chi connectivity index (χ4v) is 5.18. The molecule has 2 aromatic rings. The fourth-order valence-electron chi connectivity index (χ4n) is 5.18. The Morgan fingerprint density at radius 1 is 1.00 bits per heavy atom. The number of hydrogen-bond donors (Lipinski definition) is 1. The van der Waals surface area contributed by atoms with Crippen molar-refractivity contribution in [2.24, 2.45) is 11.8 Å². The molecule has 0 aromatic heterocycles. The molecule has 2 aliphatic carbocycles. The molecule has 190 valence electrons. The molecule has 2 fully saturated rings. The van der Waals surface area contributed by atoms with Gasteiger partial charge in [-0.2, -0.15) is 0 Å². The fraction of sp³-hybridized carbons (Fsp3) is 0.464. The lowest BCUT2D eigenvalue weighted by atomic mass is 9.98. The van der Waals surface area contributed by atoms with Gasteiger partial charge in [-0.15, -0.1) is 0 Å². The number of carbonyl (C=O) groups excluding carboxylic acids is 2. The van der Waals surface area contributed by atoms with Crippen LogP contribution in [0, 0.1) is 11.8 Å². The highest BCUT2D eigenvalue weighted by atomic mass is 16.6. The van der Waals surface area contributed by atoms with Crippen molar-refractivity contribution >= 4 is 18.2 Å². The second kappa shape index (κ2) is 9.15.